The Labute approximate surface area is 163 Å². The van der Waals surface area contributed by atoms with Gasteiger partial charge in [0.1, 0.15) is 5.75 Å². The van der Waals surface area contributed by atoms with Gasteiger partial charge in [-0.1, -0.05) is 30.3 Å². The Morgan fingerprint density at radius 2 is 1.79 bits per heavy atom. The van der Waals surface area contributed by atoms with Gasteiger partial charge in [0.2, 0.25) is 0 Å². The maximum Gasteiger partial charge on any atom is 0.322 e. The van der Waals surface area contributed by atoms with Gasteiger partial charge in [0.25, 0.3) is 0 Å². The average molecular weight is 368 g/mol. The Hall–Kier alpha value is -3.47. The molecule has 5 heteroatoms. The number of fused-ring (bicyclic) bond motifs is 1. The molecule has 2 aromatic heterocycles. The summed E-state index contributed by atoms with van der Waals surface area (Å²) in [6.45, 7) is 2.12. The Balaban J connectivity index is 1.28. The minimum atomic E-state index is 0.332. The van der Waals surface area contributed by atoms with Crippen LogP contribution in [0.3, 0.4) is 0 Å². The van der Waals surface area contributed by atoms with E-state index >= 15 is 0 Å². The second-order valence-electron chi connectivity index (χ2n) is 7.03. The summed E-state index contributed by atoms with van der Waals surface area (Å²) >= 11 is 0. The van der Waals surface area contributed by atoms with E-state index in [0.717, 1.165) is 29.7 Å². The van der Waals surface area contributed by atoms with Crippen LogP contribution in [0, 0.1) is 0 Å². The first kappa shape index (κ1) is 16.7. The first-order valence-corrected chi connectivity index (χ1v) is 9.50. The minimum Gasteiger partial charge on any atom is -0.424 e. The van der Waals surface area contributed by atoms with Crippen molar-refractivity contribution in [1.82, 2.24) is 15.0 Å². The van der Waals surface area contributed by atoms with Crippen molar-refractivity contribution in [2.45, 2.75) is 12.3 Å². The van der Waals surface area contributed by atoms with Crippen molar-refractivity contribution in [3.8, 4) is 11.8 Å². The summed E-state index contributed by atoms with van der Waals surface area (Å²) in [5.41, 5.74) is 3.41. The third-order valence-corrected chi connectivity index (χ3v) is 5.23. The topological polar surface area (TPSA) is 51.1 Å². The lowest BCUT2D eigenvalue weighted by molar-refractivity contribution is 0.444. The fourth-order valence-electron chi connectivity index (χ4n) is 3.73. The average Bonchev–Trinajstić information content (AvgIpc) is 3.25. The van der Waals surface area contributed by atoms with Gasteiger partial charge in [0.15, 0.2) is 0 Å². The molecule has 4 aromatic rings. The molecule has 0 saturated carbocycles. The van der Waals surface area contributed by atoms with Gasteiger partial charge in [-0.05, 0) is 42.3 Å². The number of aromatic nitrogens is 3. The van der Waals surface area contributed by atoms with Crippen LogP contribution in [0.15, 0.2) is 79.3 Å². The summed E-state index contributed by atoms with van der Waals surface area (Å²) < 4.78 is 5.83. The van der Waals surface area contributed by atoms with Gasteiger partial charge in [-0.3, -0.25) is 4.98 Å². The highest BCUT2D eigenvalue weighted by atomic mass is 16.5. The van der Waals surface area contributed by atoms with Crippen molar-refractivity contribution in [2.24, 2.45) is 0 Å². The van der Waals surface area contributed by atoms with Crippen LogP contribution in [0.25, 0.3) is 10.9 Å². The van der Waals surface area contributed by atoms with E-state index in [2.05, 4.69) is 62.3 Å². The molecular weight excluding hydrogens is 348 g/mol. The molecule has 5 rings (SSSR count). The zero-order valence-electron chi connectivity index (χ0n) is 15.4. The van der Waals surface area contributed by atoms with E-state index in [0.29, 0.717) is 11.9 Å². The molecule has 1 fully saturated rings. The molecule has 1 saturated heterocycles. The molecule has 3 heterocycles. The lowest BCUT2D eigenvalue weighted by atomic mass is 9.99. The highest BCUT2D eigenvalue weighted by Crippen LogP contribution is 2.32. The maximum absolute atomic E-state index is 5.83. The van der Waals surface area contributed by atoms with Crippen LogP contribution in [-0.2, 0) is 0 Å². The SMILES string of the molecule is c1ccc(C2CCN(c3ccc(Oc4ncc5ccncc5n4)cc3)C2)cc1. The first-order valence-electron chi connectivity index (χ1n) is 9.50. The number of nitrogens with zero attached hydrogens (tertiary/aromatic N) is 4. The molecule has 2 aromatic carbocycles. The van der Waals surface area contributed by atoms with E-state index in [1.165, 1.54) is 17.7 Å². The third-order valence-electron chi connectivity index (χ3n) is 5.23. The van der Waals surface area contributed by atoms with E-state index in [9.17, 15) is 0 Å². The molecule has 5 nitrogen and oxygen atoms in total. The highest BCUT2D eigenvalue weighted by Gasteiger charge is 2.23. The van der Waals surface area contributed by atoms with Gasteiger partial charge in [-0.2, -0.15) is 4.98 Å². The molecule has 0 amide bonds. The van der Waals surface area contributed by atoms with Crippen LogP contribution < -0.4 is 9.64 Å². The molecule has 1 unspecified atom stereocenters. The zero-order valence-corrected chi connectivity index (χ0v) is 15.4. The zero-order chi connectivity index (χ0) is 18.8. The Morgan fingerprint density at radius 3 is 2.64 bits per heavy atom. The highest BCUT2D eigenvalue weighted by molar-refractivity contribution is 5.76. The molecule has 138 valence electrons. The predicted molar refractivity (Wildman–Crippen MR) is 110 cm³/mol. The number of rotatable bonds is 4. The van der Waals surface area contributed by atoms with E-state index in [1.807, 2.05) is 18.2 Å². The van der Waals surface area contributed by atoms with Gasteiger partial charge in [-0.15, -0.1) is 0 Å². The van der Waals surface area contributed by atoms with Crippen molar-refractivity contribution in [1.29, 1.82) is 0 Å². The molecular formula is C23H20N4O. The van der Waals surface area contributed by atoms with E-state index in [1.54, 1.807) is 18.6 Å². The summed E-state index contributed by atoms with van der Waals surface area (Å²) in [5, 5.41) is 0.944. The fraction of sp³-hybridized carbons (Fsp3) is 0.174. The molecule has 1 aliphatic rings. The molecule has 0 radical (unpaired) electrons. The molecule has 0 N–H and O–H groups in total. The summed E-state index contributed by atoms with van der Waals surface area (Å²) in [6.07, 6.45) is 6.37. The van der Waals surface area contributed by atoms with Gasteiger partial charge in [-0.25, -0.2) is 4.98 Å². The summed E-state index contributed by atoms with van der Waals surface area (Å²) in [7, 11) is 0. The van der Waals surface area contributed by atoms with E-state index < -0.39 is 0 Å². The quantitative estimate of drug-likeness (QED) is 0.517. The van der Waals surface area contributed by atoms with Gasteiger partial charge in [0, 0.05) is 42.5 Å². The van der Waals surface area contributed by atoms with Gasteiger partial charge >= 0.3 is 6.01 Å². The van der Waals surface area contributed by atoms with Crippen molar-refractivity contribution in [2.75, 3.05) is 18.0 Å². The Kier molecular flexibility index (Phi) is 4.33. The van der Waals surface area contributed by atoms with Crippen molar-refractivity contribution >= 4 is 16.6 Å². The molecule has 1 aliphatic heterocycles. The molecule has 0 spiro atoms. The monoisotopic (exact) mass is 368 g/mol. The number of anilines is 1. The third kappa shape index (κ3) is 3.39. The number of ether oxygens (including phenoxy) is 1. The summed E-state index contributed by atoms with van der Waals surface area (Å²) in [6, 6.07) is 21.1. The molecule has 0 bridgehead atoms. The largest absolute Gasteiger partial charge is 0.424 e. The second-order valence-corrected chi connectivity index (χ2v) is 7.03. The van der Waals surface area contributed by atoms with E-state index in [4.69, 9.17) is 4.74 Å². The van der Waals surface area contributed by atoms with Crippen LogP contribution in [0.4, 0.5) is 5.69 Å². The fourth-order valence-corrected chi connectivity index (χ4v) is 3.73. The maximum atomic E-state index is 5.83. The second kappa shape index (κ2) is 7.27. The van der Waals surface area contributed by atoms with Crippen molar-refractivity contribution in [3.63, 3.8) is 0 Å². The molecule has 0 aliphatic carbocycles. The smallest absolute Gasteiger partial charge is 0.322 e. The Bertz CT molecular complexity index is 1080. The lowest BCUT2D eigenvalue weighted by Crippen LogP contribution is -2.18. The first-order chi connectivity index (χ1) is 13.8. The Morgan fingerprint density at radius 1 is 0.929 bits per heavy atom. The minimum absolute atomic E-state index is 0.332. The van der Waals surface area contributed by atoms with Crippen molar-refractivity contribution < 1.29 is 4.74 Å². The molecule has 1 atom stereocenters. The number of hydrogen-bond donors (Lipinski definition) is 0. The molecule has 28 heavy (non-hydrogen) atoms. The predicted octanol–water partition coefficient (Wildman–Crippen LogP) is 4.81. The number of pyridine rings is 1. The van der Waals surface area contributed by atoms with Crippen LogP contribution in [0.2, 0.25) is 0 Å². The van der Waals surface area contributed by atoms with Gasteiger partial charge in [0.05, 0.1) is 11.7 Å². The van der Waals surface area contributed by atoms with Crippen molar-refractivity contribution in [3.05, 3.63) is 84.8 Å². The standard InChI is InChI=1S/C23H20N4O/c1-2-4-17(5-3-1)19-11-13-27(16-19)20-6-8-21(9-7-20)28-23-25-14-18-10-12-24-15-22(18)26-23/h1-10,12,14-15,19H,11,13,16H2. The van der Waals surface area contributed by atoms with Crippen LogP contribution in [-0.4, -0.2) is 28.0 Å². The summed E-state index contributed by atoms with van der Waals surface area (Å²) in [4.78, 5) is 15.2. The van der Waals surface area contributed by atoms with Crippen LogP contribution in [0.5, 0.6) is 11.8 Å². The van der Waals surface area contributed by atoms with Gasteiger partial charge < -0.3 is 9.64 Å². The normalized spacial score (nSPS) is 16.4. The van der Waals surface area contributed by atoms with E-state index in [-0.39, 0.29) is 0 Å². The van der Waals surface area contributed by atoms with Crippen LogP contribution in [0.1, 0.15) is 17.9 Å². The number of benzene rings is 2. The van der Waals surface area contributed by atoms with Crippen LogP contribution >= 0.6 is 0 Å². The lowest BCUT2D eigenvalue weighted by Gasteiger charge is -2.19. The summed E-state index contributed by atoms with van der Waals surface area (Å²) in [5.74, 6) is 1.32. The number of hydrogen-bond acceptors (Lipinski definition) is 5.